The number of nitrogens with zero attached hydrogens (tertiary/aromatic N) is 2. The van der Waals surface area contributed by atoms with Crippen molar-refractivity contribution in [2.45, 2.75) is 6.92 Å². The highest BCUT2D eigenvalue weighted by atomic mass is 16.3. The standard InChI is InChI=1S/C14H13N3O2/c1-10(12-3-2-4-13(18)9-12)16-17-14(19)11-5-7-15-8-6-11/h2-9,18H,1H3,(H,17,19). The van der Waals surface area contributed by atoms with E-state index in [2.05, 4.69) is 15.5 Å². The molecule has 1 heterocycles. The van der Waals surface area contributed by atoms with Crippen LogP contribution in [-0.4, -0.2) is 21.7 Å². The minimum atomic E-state index is -0.304. The van der Waals surface area contributed by atoms with Crippen LogP contribution < -0.4 is 5.43 Å². The van der Waals surface area contributed by atoms with Crippen LogP contribution in [0.4, 0.5) is 0 Å². The van der Waals surface area contributed by atoms with Gasteiger partial charge in [0.15, 0.2) is 0 Å². The van der Waals surface area contributed by atoms with E-state index in [4.69, 9.17) is 0 Å². The van der Waals surface area contributed by atoms with Crippen LogP contribution in [0.1, 0.15) is 22.8 Å². The van der Waals surface area contributed by atoms with Crippen LogP contribution in [-0.2, 0) is 0 Å². The highest BCUT2D eigenvalue weighted by Gasteiger charge is 2.04. The lowest BCUT2D eigenvalue weighted by Gasteiger charge is -2.03. The Labute approximate surface area is 110 Å². The first kappa shape index (κ1) is 12.8. The Morgan fingerprint density at radius 1 is 1.21 bits per heavy atom. The third-order valence-electron chi connectivity index (χ3n) is 2.53. The zero-order valence-corrected chi connectivity index (χ0v) is 10.4. The van der Waals surface area contributed by atoms with E-state index in [1.807, 2.05) is 0 Å². The summed E-state index contributed by atoms with van der Waals surface area (Å²) in [4.78, 5) is 15.6. The Morgan fingerprint density at radius 3 is 2.63 bits per heavy atom. The number of amides is 1. The van der Waals surface area contributed by atoms with Gasteiger partial charge in [0.1, 0.15) is 5.75 Å². The van der Waals surface area contributed by atoms with Gasteiger partial charge >= 0.3 is 0 Å². The fourth-order valence-corrected chi connectivity index (χ4v) is 1.50. The van der Waals surface area contributed by atoms with E-state index < -0.39 is 0 Å². The summed E-state index contributed by atoms with van der Waals surface area (Å²) in [5, 5.41) is 13.4. The van der Waals surface area contributed by atoms with Crippen LogP contribution >= 0.6 is 0 Å². The fourth-order valence-electron chi connectivity index (χ4n) is 1.50. The van der Waals surface area contributed by atoms with Gasteiger partial charge in [0, 0.05) is 23.5 Å². The molecule has 1 aromatic heterocycles. The molecule has 0 bridgehead atoms. The van der Waals surface area contributed by atoms with Crippen molar-refractivity contribution in [3.63, 3.8) is 0 Å². The molecule has 0 radical (unpaired) electrons. The van der Waals surface area contributed by atoms with Gasteiger partial charge in [0.25, 0.3) is 5.91 Å². The SMILES string of the molecule is CC(=NNC(=O)c1ccncc1)c1cccc(O)c1. The van der Waals surface area contributed by atoms with Crippen LogP contribution in [0.2, 0.25) is 0 Å². The molecule has 0 fully saturated rings. The maximum absolute atomic E-state index is 11.8. The molecule has 0 saturated carbocycles. The monoisotopic (exact) mass is 255 g/mol. The van der Waals surface area contributed by atoms with Crippen molar-refractivity contribution in [2.75, 3.05) is 0 Å². The molecule has 2 aromatic rings. The number of hydrogen-bond acceptors (Lipinski definition) is 4. The minimum absolute atomic E-state index is 0.160. The second kappa shape index (κ2) is 5.77. The normalized spacial score (nSPS) is 11.1. The lowest BCUT2D eigenvalue weighted by molar-refractivity contribution is 0.0954. The first-order valence-corrected chi connectivity index (χ1v) is 5.71. The molecule has 1 aromatic carbocycles. The highest BCUT2D eigenvalue weighted by Crippen LogP contribution is 2.11. The number of carbonyl (C=O) groups excluding carboxylic acids is 1. The summed E-state index contributed by atoms with van der Waals surface area (Å²) in [6.07, 6.45) is 3.08. The average molecular weight is 255 g/mol. The Bertz CT molecular complexity index is 609. The van der Waals surface area contributed by atoms with Crippen LogP contribution in [0.5, 0.6) is 5.75 Å². The number of carbonyl (C=O) groups is 1. The molecule has 0 saturated heterocycles. The Morgan fingerprint density at radius 2 is 1.95 bits per heavy atom. The number of benzene rings is 1. The third-order valence-corrected chi connectivity index (χ3v) is 2.53. The van der Waals surface area contributed by atoms with Gasteiger partial charge in [-0.05, 0) is 31.2 Å². The Kier molecular flexibility index (Phi) is 3.87. The predicted octanol–water partition coefficient (Wildman–Crippen LogP) is 1.94. The molecular weight excluding hydrogens is 242 g/mol. The first-order valence-electron chi connectivity index (χ1n) is 5.71. The Balaban J connectivity index is 2.09. The molecule has 19 heavy (non-hydrogen) atoms. The second-order valence-electron chi connectivity index (χ2n) is 3.92. The van der Waals surface area contributed by atoms with Crippen molar-refractivity contribution in [3.05, 3.63) is 59.9 Å². The van der Waals surface area contributed by atoms with E-state index >= 15 is 0 Å². The van der Waals surface area contributed by atoms with Gasteiger partial charge in [-0.2, -0.15) is 5.10 Å². The van der Waals surface area contributed by atoms with Crippen molar-refractivity contribution >= 4 is 11.6 Å². The van der Waals surface area contributed by atoms with Crippen LogP contribution in [0.25, 0.3) is 0 Å². The van der Waals surface area contributed by atoms with Gasteiger partial charge in [-0.3, -0.25) is 9.78 Å². The molecular formula is C14H13N3O2. The van der Waals surface area contributed by atoms with Crippen LogP contribution in [0, 0.1) is 0 Å². The van der Waals surface area contributed by atoms with Gasteiger partial charge in [-0.15, -0.1) is 0 Å². The van der Waals surface area contributed by atoms with E-state index in [1.165, 1.54) is 0 Å². The smallest absolute Gasteiger partial charge is 0.271 e. The maximum atomic E-state index is 11.8. The summed E-state index contributed by atoms with van der Waals surface area (Å²) in [6, 6.07) is 9.89. The molecule has 0 aliphatic carbocycles. The lowest BCUT2D eigenvalue weighted by atomic mass is 10.1. The Hall–Kier alpha value is -2.69. The van der Waals surface area contributed by atoms with Crippen LogP contribution in [0.3, 0.4) is 0 Å². The largest absolute Gasteiger partial charge is 0.508 e. The zero-order chi connectivity index (χ0) is 13.7. The third kappa shape index (κ3) is 3.38. The van der Waals surface area contributed by atoms with Crippen molar-refractivity contribution in [1.29, 1.82) is 0 Å². The van der Waals surface area contributed by atoms with E-state index in [0.29, 0.717) is 11.3 Å². The molecule has 2 N–H and O–H groups in total. The lowest BCUT2D eigenvalue weighted by Crippen LogP contribution is -2.19. The summed E-state index contributed by atoms with van der Waals surface area (Å²) in [7, 11) is 0. The molecule has 0 aliphatic heterocycles. The number of aromatic hydroxyl groups is 1. The maximum Gasteiger partial charge on any atom is 0.271 e. The second-order valence-corrected chi connectivity index (χ2v) is 3.92. The quantitative estimate of drug-likeness (QED) is 0.650. The number of nitrogens with one attached hydrogen (secondary N) is 1. The summed E-state index contributed by atoms with van der Waals surface area (Å²) >= 11 is 0. The van der Waals surface area contributed by atoms with E-state index in [-0.39, 0.29) is 11.7 Å². The predicted molar refractivity (Wildman–Crippen MR) is 72.0 cm³/mol. The van der Waals surface area contributed by atoms with E-state index in [0.717, 1.165) is 5.56 Å². The fraction of sp³-hybridized carbons (Fsp3) is 0.0714. The molecule has 1 amide bonds. The van der Waals surface area contributed by atoms with Gasteiger partial charge in [0.2, 0.25) is 0 Å². The number of aromatic nitrogens is 1. The average Bonchev–Trinajstić information content (AvgIpc) is 2.45. The van der Waals surface area contributed by atoms with Gasteiger partial charge in [-0.1, -0.05) is 12.1 Å². The summed E-state index contributed by atoms with van der Waals surface area (Å²) in [5.74, 6) is -0.144. The molecule has 0 spiro atoms. The van der Waals surface area contributed by atoms with Gasteiger partial charge in [-0.25, -0.2) is 5.43 Å². The van der Waals surface area contributed by atoms with Crippen molar-refractivity contribution < 1.29 is 9.90 Å². The number of rotatable bonds is 3. The molecule has 96 valence electrons. The van der Waals surface area contributed by atoms with Crippen molar-refractivity contribution in [2.24, 2.45) is 5.10 Å². The molecule has 0 aliphatic rings. The summed E-state index contributed by atoms with van der Waals surface area (Å²) in [5.41, 5.74) is 4.30. The van der Waals surface area contributed by atoms with E-state index in [9.17, 15) is 9.90 Å². The van der Waals surface area contributed by atoms with Gasteiger partial charge < -0.3 is 5.11 Å². The number of pyridine rings is 1. The van der Waals surface area contributed by atoms with Crippen molar-refractivity contribution in [3.8, 4) is 5.75 Å². The van der Waals surface area contributed by atoms with Crippen molar-refractivity contribution in [1.82, 2.24) is 10.4 Å². The number of phenolic OH excluding ortho intramolecular Hbond substituents is 1. The molecule has 0 atom stereocenters. The topological polar surface area (TPSA) is 74.6 Å². The number of phenols is 1. The van der Waals surface area contributed by atoms with Gasteiger partial charge in [0.05, 0.1) is 5.71 Å². The van der Waals surface area contributed by atoms with Crippen LogP contribution in [0.15, 0.2) is 53.9 Å². The zero-order valence-electron chi connectivity index (χ0n) is 10.4. The molecule has 5 nitrogen and oxygen atoms in total. The number of hydrogen-bond donors (Lipinski definition) is 2. The molecule has 0 unspecified atom stereocenters. The van der Waals surface area contributed by atoms with E-state index in [1.54, 1.807) is 55.7 Å². The molecule has 5 heteroatoms. The minimum Gasteiger partial charge on any atom is -0.508 e. The first-order chi connectivity index (χ1) is 9.16. The molecule has 2 rings (SSSR count). The summed E-state index contributed by atoms with van der Waals surface area (Å²) < 4.78 is 0. The number of hydrazone groups is 1. The highest BCUT2D eigenvalue weighted by molar-refractivity contribution is 6.01. The summed E-state index contributed by atoms with van der Waals surface area (Å²) in [6.45, 7) is 1.75.